The molecule has 218 valence electrons. The molecular weight excluding hydrogens is 512 g/mol. The molecule has 3 atom stereocenters. The lowest BCUT2D eigenvalue weighted by atomic mass is 10.00. The Morgan fingerprint density at radius 1 is 0.950 bits per heavy atom. The van der Waals surface area contributed by atoms with Crippen LogP contribution >= 0.6 is 0 Å². The van der Waals surface area contributed by atoms with Crippen molar-refractivity contribution in [2.75, 3.05) is 33.4 Å². The van der Waals surface area contributed by atoms with Gasteiger partial charge in [0.2, 0.25) is 17.7 Å². The van der Waals surface area contributed by atoms with Crippen molar-refractivity contribution in [2.24, 2.45) is 5.92 Å². The number of para-hydroxylation sites is 1. The third kappa shape index (κ3) is 9.24. The SMILES string of the molecule is COc1ccc(C[C@H]2NCCOc3ccccc3CCCNC(=O)[C@H](CCO)NC(=O)[C@@H](C(C)C)NC2=O)cc1. The smallest absolute Gasteiger partial charge is 0.243 e. The van der Waals surface area contributed by atoms with Crippen molar-refractivity contribution in [1.29, 1.82) is 0 Å². The molecule has 0 bridgehead atoms. The van der Waals surface area contributed by atoms with Crippen molar-refractivity contribution < 1.29 is 29.0 Å². The van der Waals surface area contributed by atoms with Crippen molar-refractivity contribution in [3.8, 4) is 11.5 Å². The highest BCUT2D eigenvalue weighted by Crippen LogP contribution is 2.19. The van der Waals surface area contributed by atoms with Gasteiger partial charge in [0.15, 0.2) is 0 Å². The number of amides is 3. The number of benzene rings is 2. The Hall–Kier alpha value is -3.63. The molecular formula is C30H42N4O6. The van der Waals surface area contributed by atoms with Gasteiger partial charge in [-0.3, -0.25) is 14.4 Å². The molecule has 10 heteroatoms. The minimum Gasteiger partial charge on any atom is -0.497 e. The van der Waals surface area contributed by atoms with Gasteiger partial charge in [0, 0.05) is 19.7 Å². The first-order valence-electron chi connectivity index (χ1n) is 13.9. The third-order valence-corrected chi connectivity index (χ3v) is 6.86. The number of fused-ring (bicyclic) bond motifs is 1. The minimum atomic E-state index is -0.918. The van der Waals surface area contributed by atoms with E-state index >= 15 is 0 Å². The lowest BCUT2D eigenvalue weighted by molar-refractivity contribution is -0.133. The van der Waals surface area contributed by atoms with Crippen LogP contribution in [0.5, 0.6) is 11.5 Å². The van der Waals surface area contributed by atoms with Gasteiger partial charge in [-0.25, -0.2) is 0 Å². The van der Waals surface area contributed by atoms with Gasteiger partial charge in [0.05, 0.1) is 13.2 Å². The molecule has 1 aliphatic rings. The number of methoxy groups -OCH3 is 1. The number of aliphatic hydroxyl groups excluding tert-OH is 1. The first-order valence-corrected chi connectivity index (χ1v) is 13.9. The van der Waals surface area contributed by atoms with Crippen LogP contribution in [-0.2, 0) is 27.2 Å². The Morgan fingerprint density at radius 2 is 1.70 bits per heavy atom. The van der Waals surface area contributed by atoms with Crippen LogP contribution in [0.2, 0.25) is 0 Å². The van der Waals surface area contributed by atoms with Crippen LogP contribution in [0.15, 0.2) is 48.5 Å². The van der Waals surface area contributed by atoms with E-state index in [4.69, 9.17) is 9.47 Å². The molecule has 0 unspecified atom stereocenters. The Kier molecular flexibility index (Phi) is 12.2. The van der Waals surface area contributed by atoms with E-state index in [9.17, 15) is 19.5 Å². The molecule has 0 radical (unpaired) electrons. The molecule has 0 aliphatic carbocycles. The summed E-state index contributed by atoms with van der Waals surface area (Å²) >= 11 is 0. The largest absolute Gasteiger partial charge is 0.497 e. The second-order valence-electron chi connectivity index (χ2n) is 10.2. The number of carbonyl (C=O) groups excluding carboxylic acids is 3. The second-order valence-corrected chi connectivity index (χ2v) is 10.2. The van der Waals surface area contributed by atoms with E-state index in [1.807, 2.05) is 62.4 Å². The highest BCUT2D eigenvalue weighted by molar-refractivity contribution is 5.93. The molecule has 40 heavy (non-hydrogen) atoms. The lowest BCUT2D eigenvalue weighted by Gasteiger charge is -2.27. The molecule has 3 amide bonds. The van der Waals surface area contributed by atoms with Crippen LogP contribution in [0.1, 0.15) is 37.8 Å². The summed E-state index contributed by atoms with van der Waals surface area (Å²) in [5, 5.41) is 21.3. The summed E-state index contributed by atoms with van der Waals surface area (Å²) in [6.45, 7) is 4.55. The fraction of sp³-hybridized carbons (Fsp3) is 0.500. The van der Waals surface area contributed by atoms with E-state index in [1.54, 1.807) is 7.11 Å². The highest BCUT2D eigenvalue weighted by atomic mass is 16.5. The van der Waals surface area contributed by atoms with Crippen LogP contribution < -0.4 is 30.7 Å². The molecule has 2 aromatic rings. The monoisotopic (exact) mass is 554 g/mol. The average Bonchev–Trinajstić information content (AvgIpc) is 2.95. The number of hydrogen-bond acceptors (Lipinski definition) is 7. The normalized spacial score (nSPS) is 21.6. The van der Waals surface area contributed by atoms with E-state index in [2.05, 4.69) is 21.3 Å². The van der Waals surface area contributed by atoms with Gasteiger partial charge in [0.25, 0.3) is 0 Å². The Labute approximate surface area is 236 Å². The quantitative estimate of drug-likeness (QED) is 0.363. The van der Waals surface area contributed by atoms with Gasteiger partial charge in [-0.1, -0.05) is 44.2 Å². The number of rotatable bonds is 6. The van der Waals surface area contributed by atoms with Crippen molar-refractivity contribution in [2.45, 2.75) is 57.7 Å². The van der Waals surface area contributed by atoms with E-state index in [1.165, 1.54) is 0 Å². The maximum atomic E-state index is 13.5. The molecule has 10 nitrogen and oxygen atoms in total. The number of hydrogen-bond donors (Lipinski definition) is 5. The van der Waals surface area contributed by atoms with Crippen molar-refractivity contribution >= 4 is 17.7 Å². The van der Waals surface area contributed by atoms with Gasteiger partial charge < -0.3 is 35.8 Å². The molecule has 0 spiro atoms. The molecule has 5 N–H and O–H groups in total. The summed E-state index contributed by atoms with van der Waals surface area (Å²) in [6.07, 6.45) is 1.82. The first kappa shape index (κ1) is 30.9. The summed E-state index contributed by atoms with van der Waals surface area (Å²) in [5.41, 5.74) is 1.94. The van der Waals surface area contributed by atoms with Gasteiger partial charge >= 0.3 is 0 Å². The zero-order valence-electron chi connectivity index (χ0n) is 23.6. The fourth-order valence-corrected chi connectivity index (χ4v) is 4.56. The fourth-order valence-electron chi connectivity index (χ4n) is 4.56. The molecule has 0 fully saturated rings. The summed E-state index contributed by atoms with van der Waals surface area (Å²) in [4.78, 5) is 39.6. The molecule has 3 rings (SSSR count). The topological polar surface area (TPSA) is 138 Å². The Bertz CT molecular complexity index is 1110. The van der Waals surface area contributed by atoms with Crippen LogP contribution in [0.25, 0.3) is 0 Å². The van der Waals surface area contributed by atoms with Gasteiger partial charge in [-0.05, 0) is 60.9 Å². The van der Waals surface area contributed by atoms with E-state index < -0.39 is 24.0 Å². The maximum absolute atomic E-state index is 13.5. The number of aliphatic hydroxyl groups is 1. The minimum absolute atomic E-state index is 0.0641. The molecule has 0 saturated carbocycles. The van der Waals surface area contributed by atoms with Crippen LogP contribution in [0, 0.1) is 5.92 Å². The van der Waals surface area contributed by atoms with Gasteiger partial charge in [-0.2, -0.15) is 0 Å². The average molecular weight is 555 g/mol. The first-order chi connectivity index (χ1) is 19.3. The molecule has 0 saturated heterocycles. The predicted octanol–water partition coefficient (Wildman–Crippen LogP) is 1.35. The molecule has 2 aromatic carbocycles. The summed E-state index contributed by atoms with van der Waals surface area (Å²) in [6, 6.07) is 12.8. The number of ether oxygens (including phenoxy) is 2. The van der Waals surface area contributed by atoms with Crippen LogP contribution in [-0.4, -0.2) is 74.4 Å². The second kappa shape index (κ2) is 15.8. The van der Waals surface area contributed by atoms with Gasteiger partial charge in [0.1, 0.15) is 30.2 Å². The van der Waals surface area contributed by atoms with Crippen LogP contribution in [0.3, 0.4) is 0 Å². The molecule has 0 aromatic heterocycles. The van der Waals surface area contributed by atoms with E-state index in [0.29, 0.717) is 39.0 Å². The van der Waals surface area contributed by atoms with Gasteiger partial charge in [-0.15, -0.1) is 0 Å². The summed E-state index contributed by atoms with van der Waals surface area (Å²) in [5.74, 6) is 0.0526. The van der Waals surface area contributed by atoms with E-state index in [-0.39, 0.29) is 30.8 Å². The van der Waals surface area contributed by atoms with Crippen molar-refractivity contribution in [3.63, 3.8) is 0 Å². The summed E-state index contributed by atoms with van der Waals surface area (Å²) in [7, 11) is 1.60. The van der Waals surface area contributed by atoms with Crippen molar-refractivity contribution in [1.82, 2.24) is 21.3 Å². The molecule has 1 heterocycles. The van der Waals surface area contributed by atoms with Crippen molar-refractivity contribution in [3.05, 3.63) is 59.7 Å². The lowest BCUT2D eigenvalue weighted by Crippen LogP contribution is -2.58. The number of aryl methyl sites for hydroxylation is 1. The van der Waals surface area contributed by atoms with E-state index in [0.717, 1.165) is 22.6 Å². The molecule has 1 aliphatic heterocycles. The predicted molar refractivity (Wildman–Crippen MR) is 152 cm³/mol. The Morgan fingerprint density at radius 3 is 2.40 bits per heavy atom. The highest BCUT2D eigenvalue weighted by Gasteiger charge is 2.31. The zero-order valence-corrected chi connectivity index (χ0v) is 23.6. The third-order valence-electron chi connectivity index (χ3n) is 6.86. The summed E-state index contributed by atoms with van der Waals surface area (Å²) < 4.78 is 11.3. The Balaban J connectivity index is 1.85. The zero-order chi connectivity index (χ0) is 28.9. The maximum Gasteiger partial charge on any atom is 0.243 e. The van der Waals surface area contributed by atoms with Crippen LogP contribution in [0.4, 0.5) is 0 Å². The standard InChI is InChI=1S/C30H42N4O6/c1-20(2)27-30(38)33-24(14-17-35)28(36)32-15-6-8-22-7-4-5-9-26(22)40-18-16-31-25(29(37)34-27)19-21-10-12-23(39-3)13-11-21/h4-5,7,9-13,20,24-25,27,31,35H,6,8,14-19H2,1-3H3,(H,32,36)(H,33,38)(H,34,37)/t24-,25+,27+/m0/s1. The number of carbonyl (C=O) groups is 3. The number of nitrogens with one attached hydrogen (secondary N) is 4.